The van der Waals surface area contributed by atoms with Gasteiger partial charge in [0.1, 0.15) is 17.8 Å². The van der Waals surface area contributed by atoms with E-state index >= 15 is 0 Å². The Hall–Kier alpha value is -2.30. The Morgan fingerprint density at radius 3 is 2.33 bits per heavy atom. The molecule has 0 atom stereocenters. The Morgan fingerprint density at radius 1 is 0.944 bits per heavy atom. The van der Waals surface area contributed by atoms with E-state index in [9.17, 15) is 13.2 Å². The summed E-state index contributed by atoms with van der Waals surface area (Å²) in [5.41, 5.74) is 0.840. The van der Waals surface area contributed by atoms with E-state index in [1.54, 1.807) is 24.3 Å². The second-order valence-corrected chi connectivity index (χ2v) is 3.82. The summed E-state index contributed by atoms with van der Waals surface area (Å²) in [6.07, 6.45) is 1.31. The van der Waals surface area contributed by atoms with E-state index in [2.05, 4.69) is 4.98 Å². The van der Waals surface area contributed by atoms with Crippen molar-refractivity contribution in [2.45, 2.75) is 0 Å². The summed E-state index contributed by atoms with van der Waals surface area (Å²) in [7, 11) is 0. The van der Waals surface area contributed by atoms with Crippen LogP contribution in [-0.4, -0.2) is 9.55 Å². The fourth-order valence-corrected chi connectivity index (χ4v) is 1.90. The van der Waals surface area contributed by atoms with Crippen LogP contribution in [-0.2, 0) is 0 Å². The van der Waals surface area contributed by atoms with Gasteiger partial charge in [-0.3, -0.25) is 4.57 Å². The SMILES string of the molecule is Fc1cc(F)c(-n2cnc3ccccc32)c(F)c1. The smallest absolute Gasteiger partial charge is 0.153 e. The fourth-order valence-electron chi connectivity index (χ4n) is 1.90. The van der Waals surface area contributed by atoms with Gasteiger partial charge in [-0.05, 0) is 12.1 Å². The van der Waals surface area contributed by atoms with Crippen molar-refractivity contribution >= 4 is 11.0 Å². The number of halogens is 3. The van der Waals surface area contributed by atoms with Gasteiger partial charge in [-0.25, -0.2) is 18.2 Å². The highest BCUT2D eigenvalue weighted by Gasteiger charge is 2.15. The number of aromatic nitrogens is 2. The van der Waals surface area contributed by atoms with Gasteiger partial charge >= 0.3 is 0 Å². The van der Waals surface area contributed by atoms with Crippen molar-refractivity contribution in [1.82, 2.24) is 9.55 Å². The lowest BCUT2D eigenvalue weighted by Gasteiger charge is -2.07. The maximum Gasteiger partial charge on any atom is 0.153 e. The summed E-state index contributed by atoms with van der Waals surface area (Å²) in [4.78, 5) is 4.04. The molecule has 0 amide bonds. The van der Waals surface area contributed by atoms with Gasteiger partial charge in [0, 0.05) is 12.1 Å². The van der Waals surface area contributed by atoms with Crippen molar-refractivity contribution < 1.29 is 13.2 Å². The normalized spacial score (nSPS) is 11.1. The van der Waals surface area contributed by atoms with Gasteiger partial charge in [-0.15, -0.1) is 0 Å². The molecule has 3 aromatic rings. The van der Waals surface area contributed by atoms with E-state index in [1.165, 1.54) is 10.9 Å². The first-order valence-electron chi connectivity index (χ1n) is 5.24. The molecule has 0 N–H and O–H groups in total. The van der Waals surface area contributed by atoms with Crippen molar-refractivity contribution in [1.29, 1.82) is 0 Å². The highest BCUT2D eigenvalue weighted by atomic mass is 19.1. The first-order valence-corrected chi connectivity index (χ1v) is 5.24. The van der Waals surface area contributed by atoms with Gasteiger partial charge in [0.15, 0.2) is 11.6 Å². The number of hydrogen-bond donors (Lipinski definition) is 0. The number of para-hydroxylation sites is 2. The lowest BCUT2D eigenvalue weighted by Crippen LogP contribution is -2.01. The van der Waals surface area contributed by atoms with Crippen LogP contribution in [0.3, 0.4) is 0 Å². The molecule has 18 heavy (non-hydrogen) atoms. The van der Waals surface area contributed by atoms with E-state index in [4.69, 9.17) is 0 Å². The van der Waals surface area contributed by atoms with Crippen molar-refractivity contribution in [3.8, 4) is 5.69 Å². The van der Waals surface area contributed by atoms with Crippen molar-refractivity contribution in [2.75, 3.05) is 0 Å². The third-order valence-electron chi connectivity index (χ3n) is 2.68. The summed E-state index contributed by atoms with van der Waals surface area (Å²) >= 11 is 0. The van der Waals surface area contributed by atoms with E-state index in [1.807, 2.05) is 0 Å². The zero-order valence-corrected chi connectivity index (χ0v) is 9.07. The van der Waals surface area contributed by atoms with Gasteiger partial charge in [-0.2, -0.15) is 0 Å². The lowest BCUT2D eigenvalue weighted by atomic mass is 10.2. The van der Waals surface area contributed by atoms with Crippen LogP contribution in [0.25, 0.3) is 16.7 Å². The van der Waals surface area contributed by atoms with Crippen LogP contribution < -0.4 is 0 Å². The second kappa shape index (κ2) is 3.87. The van der Waals surface area contributed by atoms with E-state index in [0.717, 1.165) is 0 Å². The van der Waals surface area contributed by atoms with Crippen LogP contribution in [0, 0.1) is 17.5 Å². The predicted molar refractivity (Wildman–Crippen MR) is 60.9 cm³/mol. The third-order valence-corrected chi connectivity index (χ3v) is 2.68. The zero-order valence-electron chi connectivity index (χ0n) is 9.07. The third kappa shape index (κ3) is 1.55. The van der Waals surface area contributed by atoms with Gasteiger partial charge < -0.3 is 0 Å². The molecule has 0 fully saturated rings. The molecule has 0 aliphatic rings. The molecule has 0 unspecified atom stereocenters. The molecule has 0 radical (unpaired) electrons. The van der Waals surface area contributed by atoms with Crippen molar-refractivity contribution in [3.05, 3.63) is 60.2 Å². The molecule has 0 saturated carbocycles. The molecule has 0 aliphatic carbocycles. The first-order chi connectivity index (χ1) is 8.66. The van der Waals surface area contributed by atoms with Gasteiger partial charge in [0.05, 0.1) is 11.0 Å². The van der Waals surface area contributed by atoms with Crippen molar-refractivity contribution in [3.63, 3.8) is 0 Å². The Kier molecular flexibility index (Phi) is 2.33. The monoisotopic (exact) mass is 248 g/mol. The number of hydrogen-bond acceptors (Lipinski definition) is 1. The zero-order chi connectivity index (χ0) is 12.7. The number of rotatable bonds is 1. The summed E-state index contributed by atoms with van der Waals surface area (Å²) < 4.78 is 41.5. The topological polar surface area (TPSA) is 17.8 Å². The lowest BCUT2D eigenvalue weighted by molar-refractivity contribution is 0.535. The molecule has 5 heteroatoms. The molecule has 2 aromatic carbocycles. The summed E-state index contributed by atoms with van der Waals surface area (Å²) in [5, 5.41) is 0. The predicted octanol–water partition coefficient (Wildman–Crippen LogP) is 3.44. The molecule has 3 rings (SSSR count). The molecule has 90 valence electrons. The molecular weight excluding hydrogens is 241 g/mol. The van der Waals surface area contributed by atoms with Gasteiger partial charge in [-0.1, -0.05) is 12.1 Å². The number of fused-ring (bicyclic) bond motifs is 1. The van der Waals surface area contributed by atoms with Crippen LogP contribution in [0.1, 0.15) is 0 Å². The number of imidazole rings is 1. The molecule has 1 heterocycles. The highest BCUT2D eigenvalue weighted by molar-refractivity contribution is 5.77. The van der Waals surface area contributed by atoms with E-state index < -0.39 is 17.5 Å². The minimum Gasteiger partial charge on any atom is -0.293 e. The van der Waals surface area contributed by atoms with Crippen LogP contribution in [0.2, 0.25) is 0 Å². The molecule has 1 aromatic heterocycles. The molecule has 0 spiro atoms. The van der Waals surface area contributed by atoms with Gasteiger partial charge in [0.2, 0.25) is 0 Å². The van der Waals surface area contributed by atoms with Crippen LogP contribution in [0.15, 0.2) is 42.7 Å². The van der Waals surface area contributed by atoms with Crippen LogP contribution >= 0.6 is 0 Å². The van der Waals surface area contributed by atoms with E-state index in [-0.39, 0.29) is 5.69 Å². The minimum absolute atomic E-state index is 0.329. The number of nitrogens with zero attached hydrogens (tertiary/aromatic N) is 2. The molecule has 2 nitrogen and oxygen atoms in total. The van der Waals surface area contributed by atoms with E-state index in [0.29, 0.717) is 23.2 Å². The fraction of sp³-hybridized carbons (Fsp3) is 0. The standard InChI is InChI=1S/C13H7F3N2/c14-8-5-9(15)13(10(16)6-8)18-7-17-11-3-1-2-4-12(11)18/h1-7H. The quantitative estimate of drug-likeness (QED) is 0.645. The average Bonchev–Trinajstić information content (AvgIpc) is 2.72. The summed E-state index contributed by atoms with van der Waals surface area (Å²) in [6.45, 7) is 0. The first kappa shape index (κ1) is 10.8. The Bertz CT molecular complexity index is 711. The largest absolute Gasteiger partial charge is 0.293 e. The summed E-state index contributed by atoms with van der Waals surface area (Å²) in [5.74, 6) is -2.87. The maximum absolute atomic E-state index is 13.7. The van der Waals surface area contributed by atoms with Crippen molar-refractivity contribution in [2.24, 2.45) is 0 Å². The Balaban J connectivity index is 2.33. The van der Waals surface area contributed by atoms with Gasteiger partial charge in [0.25, 0.3) is 0 Å². The Labute approximate surface area is 100 Å². The molecule has 0 saturated heterocycles. The molecular formula is C13H7F3N2. The van der Waals surface area contributed by atoms with Crippen LogP contribution in [0.5, 0.6) is 0 Å². The maximum atomic E-state index is 13.7. The average molecular weight is 248 g/mol. The molecule has 0 bridgehead atoms. The number of benzene rings is 2. The summed E-state index contributed by atoms with van der Waals surface area (Å²) in [6, 6.07) is 8.22. The molecule has 0 aliphatic heterocycles. The second-order valence-electron chi connectivity index (χ2n) is 3.82. The highest BCUT2D eigenvalue weighted by Crippen LogP contribution is 2.23. The Morgan fingerprint density at radius 2 is 1.61 bits per heavy atom. The van der Waals surface area contributed by atoms with Crippen LogP contribution in [0.4, 0.5) is 13.2 Å². The minimum atomic E-state index is -0.962.